The minimum absolute atomic E-state index is 0.0783. The molecule has 0 unspecified atom stereocenters. The van der Waals surface area contributed by atoms with E-state index in [1.54, 1.807) is 25.1 Å². The number of nitrogens with one attached hydrogen (secondary N) is 1. The smallest absolute Gasteiger partial charge is 0.311 e. The van der Waals surface area contributed by atoms with E-state index in [0.29, 0.717) is 17.9 Å². The van der Waals surface area contributed by atoms with Gasteiger partial charge in [-0.3, -0.25) is 19.7 Å². The molecule has 166 valence electrons. The summed E-state index contributed by atoms with van der Waals surface area (Å²) in [5.41, 5.74) is 1.33. The van der Waals surface area contributed by atoms with Gasteiger partial charge >= 0.3 is 5.69 Å². The van der Waals surface area contributed by atoms with Crippen molar-refractivity contribution in [1.29, 1.82) is 0 Å². The second-order valence-electron chi connectivity index (χ2n) is 6.57. The van der Waals surface area contributed by atoms with E-state index in [1.807, 2.05) is 0 Å². The van der Waals surface area contributed by atoms with Crippen LogP contribution in [0.5, 0.6) is 5.75 Å². The molecule has 2 aromatic rings. The van der Waals surface area contributed by atoms with Crippen LogP contribution in [0.3, 0.4) is 0 Å². The molecule has 0 aliphatic rings. The quantitative estimate of drug-likeness (QED) is 0.418. The maximum absolute atomic E-state index is 12.9. The van der Waals surface area contributed by atoms with Gasteiger partial charge < -0.3 is 15.0 Å². The number of methoxy groups -OCH3 is 1. The molecule has 0 heterocycles. The molecule has 31 heavy (non-hydrogen) atoms. The molecule has 0 radical (unpaired) electrons. The largest absolute Gasteiger partial charge is 0.490 e. The van der Waals surface area contributed by atoms with Crippen molar-refractivity contribution in [2.24, 2.45) is 0 Å². The van der Waals surface area contributed by atoms with Crippen LogP contribution in [-0.4, -0.2) is 47.6 Å². The molecule has 8 nitrogen and oxygen atoms in total. The van der Waals surface area contributed by atoms with E-state index in [-0.39, 0.29) is 47.9 Å². The van der Waals surface area contributed by atoms with Crippen molar-refractivity contribution in [3.63, 3.8) is 0 Å². The topological polar surface area (TPSA) is 102 Å². The zero-order valence-corrected chi connectivity index (χ0v) is 18.1. The van der Waals surface area contributed by atoms with Crippen LogP contribution in [-0.2, 0) is 21.9 Å². The number of ether oxygens (including phenoxy) is 1. The molecule has 0 aromatic heterocycles. The Labute approximate surface area is 183 Å². The van der Waals surface area contributed by atoms with Gasteiger partial charge in [0.1, 0.15) is 5.82 Å². The minimum atomic E-state index is -0.512. The van der Waals surface area contributed by atoms with Gasteiger partial charge in [0, 0.05) is 24.9 Å². The van der Waals surface area contributed by atoms with Crippen molar-refractivity contribution in [1.82, 2.24) is 10.2 Å². The lowest BCUT2D eigenvalue weighted by atomic mass is 10.2. The predicted molar refractivity (Wildman–Crippen MR) is 116 cm³/mol. The molecule has 2 aromatic carbocycles. The van der Waals surface area contributed by atoms with Crippen molar-refractivity contribution in [3.05, 3.63) is 69.5 Å². The first-order chi connectivity index (χ1) is 14.8. The molecule has 0 aliphatic heterocycles. The third kappa shape index (κ3) is 7.56. The van der Waals surface area contributed by atoms with Gasteiger partial charge in [0.25, 0.3) is 0 Å². The number of likely N-dealkylation sites (N-methyl/N-ethyl adjacent to an activating group) is 1. The normalized spacial score (nSPS) is 10.4. The Morgan fingerprint density at radius 3 is 2.48 bits per heavy atom. The highest BCUT2D eigenvalue weighted by Gasteiger charge is 2.17. The SMILES string of the molecule is CCN(CC(=O)NCc1ccc(F)cc1)C(=O)CSCc1ccc(OC)c([N+](=O)[O-])c1. The number of carbonyl (C=O) groups is 2. The second-order valence-corrected chi connectivity index (χ2v) is 7.55. The van der Waals surface area contributed by atoms with Gasteiger partial charge in [0.05, 0.1) is 24.3 Å². The molecule has 0 saturated heterocycles. The molecular formula is C21H24FN3O5S. The number of hydrogen-bond acceptors (Lipinski definition) is 6. The summed E-state index contributed by atoms with van der Waals surface area (Å²) < 4.78 is 17.9. The third-order valence-electron chi connectivity index (χ3n) is 4.41. The monoisotopic (exact) mass is 449 g/mol. The summed E-state index contributed by atoms with van der Waals surface area (Å²) in [4.78, 5) is 36.6. The van der Waals surface area contributed by atoms with E-state index in [0.717, 1.165) is 5.56 Å². The molecule has 0 spiro atoms. The van der Waals surface area contributed by atoms with E-state index >= 15 is 0 Å². The Kier molecular flexibility index (Phi) is 9.26. The zero-order chi connectivity index (χ0) is 22.8. The van der Waals surface area contributed by atoms with E-state index < -0.39 is 4.92 Å². The van der Waals surface area contributed by atoms with E-state index in [1.165, 1.54) is 48.0 Å². The molecule has 10 heteroatoms. The molecule has 0 fully saturated rings. The highest BCUT2D eigenvalue weighted by atomic mass is 32.2. The minimum Gasteiger partial charge on any atom is -0.490 e. The number of benzene rings is 2. The standard InChI is InChI=1S/C21H24FN3O5S/c1-3-24(12-20(26)23-11-15-4-7-17(22)8-5-15)21(27)14-31-13-16-6-9-19(30-2)18(10-16)25(28)29/h4-10H,3,11-14H2,1-2H3,(H,23,26). The number of carbonyl (C=O) groups excluding carboxylic acids is 2. The van der Waals surface area contributed by atoms with E-state index in [4.69, 9.17) is 4.74 Å². The Hall–Kier alpha value is -3.14. The average Bonchev–Trinajstić information content (AvgIpc) is 2.76. The molecule has 0 atom stereocenters. The highest BCUT2D eigenvalue weighted by molar-refractivity contribution is 7.99. The van der Waals surface area contributed by atoms with Crippen molar-refractivity contribution in [2.75, 3.05) is 26.0 Å². The number of nitrogens with zero attached hydrogens (tertiary/aromatic N) is 2. The summed E-state index contributed by atoms with van der Waals surface area (Å²) >= 11 is 1.31. The maximum atomic E-state index is 12.9. The van der Waals surface area contributed by atoms with Crippen LogP contribution in [0.1, 0.15) is 18.1 Å². The second kappa shape index (κ2) is 11.9. The molecule has 1 N–H and O–H groups in total. The van der Waals surface area contributed by atoms with Gasteiger partial charge in [-0.1, -0.05) is 18.2 Å². The summed E-state index contributed by atoms with van der Waals surface area (Å²) in [6, 6.07) is 10.5. The first-order valence-corrected chi connectivity index (χ1v) is 10.7. The van der Waals surface area contributed by atoms with E-state index in [9.17, 15) is 24.1 Å². The average molecular weight is 450 g/mol. The number of rotatable bonds is 11. The number of amides is 2. The van der Waals surface area contributed by atoms with Crippen LogP contribution in [0.15, 0.2) is 42.5 Å². The summed E-state index contributed by atoms with van der Waals surface area (Å²) in [5, 5.41) is 13.8. The van der Waals surface area contributed by atoms with Crippen molar-refractivity contribution < 1.29 is 23.6 Å². The fourth-order valence-corrected chi connectivity index (χ4v) is 3.60. The van der Waals surface area contributed by atoms with E-state index in [2.05, 4.69) is 5.32 Å². The molecular weight excluding hydrogens is 425 g/mol. The van der Waals surface area contributed by atoms with Gasteiger partial charge in [-0.15, -0.1) is 11.8 Å². The molecule has 0 saturated carbocycles. The number of hydrogen-bond donors (Lipinski definition) is 1. The fourth-order valence-electron chi connectivity index (χ4n) is 2.72. The predicted octanol–water partition coefficient (Wildman–Crippen LogP) is 3.14. The van der Waals surface area contributed by atoms with Crippen molar-refractivity contribution >= 4 is 29.3 Å². The van der Waals surface area contributed by atoms with Gasteiger partial charge in [0.15, 0.2) is 5.75 Å². The molecule has 0 bridgehead atoms. The summed E-state index contributed by atoms with van der Waals surface area (Å²) in [5.74, 6) is -0.134. The zero-order valence-electron chi connectivity index (χ0n) is 17.3. The lowest BCUT2D eigenvalue weighted by Crippen LogP contribution is -2.41. The lowest BCUT2D eigenvalue weighted by molar-refractivity contribution is -0.385. The van der Waals surface area contributed by atoms with Crippen LogP contribution >= 0.6 is 11.8 Å². The molecule has 2 rings (SSSR count). The Balaban J connectivity index is 1.81. The number of thioether (sulfide) groups is 1. The van der Waals surface area contributed by atoms with Gasteiger partial charge in [0.2, 0.25) is 11.8 Å². The number of nitro groups is 1. The first-order valence-electron chi connectivity index (χ1n) is 9.52. The summed E-state index contributed by atoms with van der Waals surface area (Å²) in [7, 11) is 1.37. The van der Waals surface area contributed by atoms with Crippen LogP contribution in [0.25, 0.3) is 0 Å². The Morgan fingerprint density at radius 1 is 1.19 bits per heavy atom. The summed E-state index contributed by atoms with van der Waals surface area (Å²) in [6.07, 6.45) is 0. The van der Waals surface area contributed by atoms with Gasteiger partial charge in [-0.05, 0) is 36.2 Å². The molecule has 2 amide bonds. The lowest BCUT2D eigenvalue weighted by Gasteiger charge is -2.20. The Morgan fingerprint density at radius 2 is 1.87 bits per heavy atom. The van der Waals surface area contributed by atoms with Crippen LogP contribution in [0, 0.1) is 15.9 Å². The maximum Gasteiger partial charge on any atom is 0.311 e. The first kappa shape index (κ1) is 24.1. The highest BCUT2D eigenvalue weighted by Crippen LogP contribution is 2.29. The number of halogens is 1. The molecule has 0 aliphatic carbocycles. The summed E-state index contributed by atoms with van der Waals surface area (Å²) in [6.45, 7) is 2.32. The Bertz CT molecular complexity index is 924. The number of nitro benzene ring substituents is 1. The third-order valence-corrected chi connectivity index (χ3v) is 5.39. The van der Waals surface area contributed by atoms with Crippen LogP contribution in [0.2, 0.25) is 0 Å². The van der Waals surface area contributed by atoms with Crippen LogP contribution < -0.4 is 10.1 Å². The van der Waals surface area contributed by atoms with Crippen molar-refractivity contribution in [2.45, 2.75) is 19.2 Å². The van der Waals surface area contributed by atoms with Crippen molar-refractivity contribution in [3.8, 4) is 5.75 Å². The van der Waals surface area contributed by atoms with Crippen LogP contribution in [0.4, 0.5) is 10.1 Å². The van der Waals surface area contributed by atoms with Gasteiger partial charge in [-0.25, -0.2) is 4.39 Å². The van der Waals surface area contributed by atoms with Gasteiger partial charge in [-0.2, -0.15) is 0 Å². The fraction of sp³-hybridized carbons (Fsp3) is 0.333.